The normalized spacial score (nSPS) is 7.16. The van der Waals surface area contributed by atoms with Gasteiger partial charge in [-0.3, -0.25) is 10.3 Å². The summed E-state index contributed by atoms with van der Waals surface area (Å²) in [5.74, 6) is 11.9. The summed E-state index contributed by atoms with van der Waals surface area (Å²) in [7, 11) is 4.44. The Hall–Kier alpha value is 4.85. The Morgan fingerprint density at radius 1 is 0.156 bits per heavy atom. The molecule has 0 unspecified atom stereocenters. The van der Waals surface area contributed by atoms with E-state index in [2.05, 4.69) is 207 Å². The molecular weight excluding hydrogens is 1140 g/mol. The lowest BCUT2D eigenvalue weighted by Crippen LogP contribution is -1.97. The minimum absolute atomic E-state index is 0.684. The van der Waals surface area contributed by atoms with Crippen molar-refractivity contribution in [3.05, 3.63) is 0 Å². The molecule has 0 aliphatic carbocycles. The summed E-state index contributed by atoms with van der Waals surface area (Å²) in [5, 5.41) is 11.1. The van der Waals surface area contributed by atoms with E-state index in [0.717, 1.165) is 86.3 Å². The summed E-state index contributed by atoms with van der Waals surface area (Å²) in [6, 6.07) is 0. The van der Waals surface area contributed by atoms with Crippen LogP contribution >= 0.6 is 207 Å². The molecule has 0 aliphatic rings. The van der Waals surface area contributed by atoms with Crippen LogP contribution in [0, 0.1) is 10.3 Å². The topological polar surface area (TPSA) is 438 Å². The van der Waals surface area contributed by atoms with E-state index >= 15 is 0 Å². The summed E-state index contributed by atoms with van der Waals surface area (Å²) in [6.07, 6.45) is 0. The number of nitrogens with two attached hydrogens (primary N) is 15. The van der Waals surface area contributed by atoms with E-state index < -0.39 is 0 Å². The van der Waals surface area contributed by atoms with Gasteiger partial charge in [0.15, 0.2) is 0 Å². The molecule has 0 saturated heterocycles. The molecule has 0 bridgehead atoms. The highest BCUT2D eigenvalue weighted by Crippen LogP contribution is 1.63. The summed E-state index contributed by atoms with van der Waals surface area (Å²) in [6.45, 7) is 10.3. The number of hydrogen-bond donors (Lipinski definition) is 32. The molecular formula is C30H109N17P2S15. The van der Waals surface area contributed by atoms with E-state index in [1.165, 1.54) is 0 Å². The zero-order chi connectivity index (χ0) is 55.2. The molecule has 0 aromatic carbocycles. The molecule has 64 heavy (non-hydrogen) atoms. The standard InChI is InChI=1S/15C2H7NS.2H2NP/c15*3-1-2-4;2*1-2/h15*4H,1-3H2;2*1-2H. The predicted octanol–water partition coefficient (Wildman–Crippen LogP) is -0.0934. The molecule has 0 heterocycles. The molecule has 0 aliphatic heterocycles. The largest absolute Gasteiger partial charge is 0.330 e. The zero-order valence-electron chi connectivity index (χ0n) is 38.6. The fourth-order valence-corrected chi connectivity index (χ4v) is 0. The minimum Gasteiger partial charge on any atom is -0.330 e. The lowest BCUT2D eigenvalue weighted by molar-refractivity contribution is 1.16. The second-order valence-electron chi connectivity index (χ2n) is 7.68. The quantitative estimate of drug-likeness (QED) is 0.0753. The van der Waals surface area contributed by atoms with Gasteiger partial charge in [0.25, 0.3) is 0 Å². The first-order valence-electron chi connectivity index (χ1n) is 18.9. The van der Waals surface area contributed by atoms with Gasteiger partial charge in [0.1, 0.15) is 0 Å². The molecule has 0 aromatic heterocycles. The predicted molar refractivity (Wildman–Crippen MR) is 366 cm³/mol. The molecule has 17 nitrogen and oxygen atoms in total. The maximum Gasteiger partial charge on any atom is 0.00255 e. The van der Waals surface area contributed by atoms with E-state index in [9.17, 15) is 0 Å². The second-order valence-corrected chi connectivity index (χ2v) is 14.4. The van der Waals surface area contributed by atoms with Crippen LogP contribution in [-0.2, 0) is 0 Å². The third-order valence-electron chi connectivity index (χ3n) is 1.94. The molecule has 0 saturated carbocycles. The summed E-state index contributed by atoms with van der Waals surface area (Å²) < 4.78 is 0. The van der Waals surface area contributed by atoms with Crippen LogP contribution in [0.25, 0.3) is 0 Å². The van der Waals surface area contributed by atoms with Crippen LogP contribution in [0.1, 0.15) is 0 Å². The SMILES string of the molecule is N=P.N=P.NCCS.NCCS.NCCS.NCCS.NCCS.NCCS.NCCS.NCCS.NCCS.NCCS.NCCS.NCCS.NCCS.NCCS.NCCS. The van der Waals surface area contributed by atoms with Crippen molar-refractivity contribution >= 4 is 207 Å². The van der Waals surface area contributed by atoms with Crippen LogP contribution < -0.4 is 86.0 Å². The van der Waals surface area contributed by atoms with Crippen molar-refractivity contribution in [2.24, 2.45) is 86.0 Å². The minimum atomic E-state index is 0.684. The summed E-state index contributed by atoms with van der Waals surface area (Å²) in [4.78, 5) is 0. The van der Waals surface area contributed by atoms with Gasteiger partial charge in [-0.15, -0.1) is 0 Å². The van der Waals surface area contributed by atoms with Crippen molar-refractivity contribution in [3.8, 4) is 0 Å². The van der Waals surface area contributed by atoms with Gasteiger partial charge in [-0.2, -0.15) is 189 Å². The lowest BCUT2D eigenvalue weighted by atomic mass is 10.8. The van der Waals surface area contributed by atoms with Crippen LogP contribution in [0.4, 0.5) is 0 Å². The van der Waals surface area contributed by atoms with Crippen LogP contribution in [0.5, 0.6) is 0 Å². The number of rotatable bonds is 15. The highest BCUT2D eigenvalue weighted by molar-refractivity contribution is 7.82. The van der Waals surface area contributed by atoms with Crippen molar-refractivity contribution in [2.45, 2.75) is 0 Å². The molecule has 0 radical (unpaired) electrons. The van der Waals surface area contributed by atoms with Gasteiger partial charge in [0, 0.05) is 184 Å². The van der Waals surface area contributed by atoms with Crippen molar-refractivity contribution in [2.75, 3.05) is 184 Å². The van der Waals surface area contributed by atoms with E-state index in [1.807, 2.05) is 0 Å². The first kappa shape index (κ1) is 118. The smallest absolute Gasteiger partial charge is 0.00255 e. The highest BCUT2D eigenvalue weighted by Gasteiger charge is 1.61. The Morgan fingerprint density at radius 2 is 0.172 bits per heavy atom. The van der Waals surface area contributed by atoms with E-state index in [1.54, 1.807) is 0 Å². The fraction of sp³-hybridized carbons (Fsp3) is 1.00. The number of nitrogens with one attached hydrogen (secondary N) is 2. The Balaban J connectivity index is -0.0000000245. The highest BCUT2D eigenvalue weighted by atomic mass is 32.1. The van der Waals surface area contributed by atoms with Gasteiger partial charge in [-0.1, -0.05) is 0 Å². The monoisotopic (exact) mass is 1250 g/mol. The summed E-state index contributed by atoms with van der Waals surface area (Å²) >= 11 is 56.9. The molecule has 0 fully saturated rings. The third kappa shape index (κ3) is 736. The molecule has 0 rings (SSSR count). The molecule has 0 atom stereocenters. The average molecular weight is 1250 g/mol. The van der Waals surface area contributed by atoms with Crippen molar-refractivity contribution in [1.29, 1.82) is 10.3 Å². The summed E-state index contributed by atoms with van der Waals surface area (Å²) in [5.41, 5.74) is 74.3. The zero-order valence-corrected chi connectivity index (χ0v) is 54.0. The molecule has 414 valence electrons. The van der Waals surface area contributed by atoms with Crippen LogP contribution in [0.3, 0.4) is 0 Å². The Kier molecular flexibility index (Phi) is 460. The third-order valence-corrected chi connectivity index (χ3v) is 5.81. The van der Waals surface area contributed by atoms with Gasteiger partial charge in [0.2, 0.25) is 0 Å². The maximum atomic E-state index is 5.56. The van der Waals surface area contributed by atoms with Crippen molar-refractivity contribution in [1.82, 2.24) is 0 Å². The van der Waals surface area contributed by atoms with Crippen LogP contribution in [0.15, 0.2) is 0 Å². The van der Waals surface area contributed by atoms with E-state index in [4.69, 9.17) is 96.3 Å². The molecule has 0 spiro atoms. The van der Waals surface area contributed by atoms with Gasteiger partial charge in [-0.05, 0) is 18.1 Å². The van der Waals surface area contributed by atoms with Crippen molar-refractivity contribution < 1.29 is 0 Å². The first-order chi connectivity index (χ1) is 30.7. The first-order valence-corrected chi connectivity index (χ1v) is 29.4. The van der Waals surface area contributed by atoms with E-state index in [0.29, 0.717) is 98.2 Å². The molecule has 0 aromatic rings. The Morgan fingerprint density at radius 3 is 0.172 bits per heavy atom. The molecule has 34 heteroatoms. The lowest BCUT2D eigenvalue weighted by Gasteiger charge is -1.69. The molecule has 32 N–H and O–H groups in total. The Labute approximate surface area is 483 Å². The molecule has 0 amide bonds. The fourth-order valence-electron chi connectivity index (χ4n) is 0. The van der Waals surface area contributed by atoms with Gasteiger partial charge in [0.05, 0.1) is 0 Å². The maximum absolute atomic E-state index is 5.56. The van der Waals surface area contributed by atoms with Gasteiger partial charge >= 0.3 is 0 Å². The second kappa shape index (κ2) is 250. The van der Waals surface area contributed by atoms with Gasteiger partial charge in [-0.25, -0.2) is 0 Å². The van der Waals surface area contributed by atoms with E-state index in [-0.39, 0.29) is 0 Å². The van der Waals surface area contributed by atoms with Crippen LogP contribution in [0.2, 0.25) is 0 Å². The number of hydrogen-bond acceptors (Lipinski definition) is 32. The average Bonchev–Trinajstić information content (AvgIpc) is 3.40. The van der Waals surface area contributed by atoms with Crippen molar-refractivity contribution in [3.63, 3.8) is 0 Å². The Bertz CT molecular complexity index is 277. The van der Waals surface area contributed by atoms with Gasteiger partial charge < -0.3 is 86.0 Å². The number of thiol groups is 15. The van der Waals surface area contributed by atoms with Crippen LogP contribution in [-0.4, -0.2) is 184 Å².